The van der Waals surface area contributed by atoms with Gasteiger partial charge in [0.15, 0.2) is 0 Å². The van der Waals surface area contributed by atoms with E-state index in [2.05, 4.69) is 10.1 Å². The summed E-state index contributed by atoms with van der Waals surface area (Å²) in [6.07, 6.45) is 0. The number of aromatic amines is 1. The summed E-state index contributed by atoms with van der Waals surface area (Å²) in [5.74, 6) is -0.717. The zero-order valence-electron chi connectivity index (χ0n) is 10.9. The highest BCUT2D eigenvalue weighted by Crippen LogP contribution is 2.36. The van der Waals surface area contributed by atoms with Crippen molar-refractivity contribution in [2.24, 2.45) is 0 Å². The van der Waals surface area contributed by atoms with Crippen LogP contribution in [0, 0.1) is 6.92 Å². The molecule has 0 unspecified atom stereocenters. The van der Waals surface area contributed by atoms with E-state index >= 15 is 0 Å². The number of fused-ring (bicyclic) bond motifs is 1. The summed E-state index contributed by atoms with van der Waals surface area (Å²) in [6.45, 7) is 1.96. The number of benzene rings is 1. The van der Waals surface area contributed by atoms with Crippen molar-refractivity contribution in [2.45, 2.75) is 6.92 Å². The molecule has 1 aromatic carbocycles. The number of hydrogen-bond donors (Lipinski definition) is 2. The minimum Gasteiger partial charge on any atom is -0.495 e. The van der Waals surface area contributed by atoms with E-state index in [1.807, 2.05) is 25.1 Å². The van der Waals surface area contributed by atoms with E-state index in [1.54, 1.807) is 7.11 Å². The number of carboxylic acids is 1. The van der Waals surface area contributed by atoms with Crippen LogP contribution in [0.25, 0.3) is 22.2 Å². The van der Waals surface area contributed by atoms with Crippen LogP contribution in [-0.2, 0) is 0 Å². The van der Waals surface area contributed by atoms with Gasteiger partial charge >= 0.3 is 5.97 Å². The van der Waals surface area contributed by atoms with Crippen LogP contribution in [0.4, 0.5) is 0 Å². The van der Waals surface area contributed by atoms with Crippen LogP contribution in [0.1, 0.15) is 16.2 Å². The van der Waals surface area contributed by atoms with Crippen molar-refractivity contribution in [1.82, 2.24) is 10.1 Å². The van der Waals surface area contributed by atoms with Crippen molar-refractivity contribution in [3.63, 3.8) is 0 Å². The number of aromatic carboxylic acids is 1. The summed E-state index contributed by atoms with van der Waals surface area (Å²) in [7, 11) is 1.57. The largest absolute Gasteiger partial charge is 0.495 e. The van der Waals surface area contributed by atoms with E-state index in [0.29, 0.717) is 17.0 Å². The Labute approximate surface area is 114 Å². The predicted octanol–water partition coefficient (Wildman–Crippen LogP) is 2.84. The summed E-state index contributed by atoms with van der Waals surface area (Å²) in [5, 5.41) is 13.6. The lowest BCUT2D eigenvalue weighted by Crippen LogP contribution is -1.92. The highest BCUT2D eigenvalue weighted by atomic mass is 16.5. The number of carboxylic acid groups (broad SMARTS) is 1. The van der Waals surface area contributed by atoms with Crippen LogP contribution in [-0.4, -0.2) is 28.3 Å². The molecule has 0 saturated carbocycles. The van der Waals surface area contributed by atoms with E-state index in [1.165, 1.54) is 6.07 Å². The molecule has 0 spiro atoms. The maximum Gasteiger partial charge on any atom is 0.374 e. The van der Waals surface area contributed by atoms with E-state index in [4.69, 9.17) is 14.4 Å². The lowest BCUT2D eigenvalue weighted by molar-refractivity contribution is 0.0652. The SMILES string of the molecule is COc1c(-c2cc(C(=O)O)on2)ccc2[nH]c(C)cc12. The van der Waals surface area contributed by atoms with E-state index in [9.17, 15) is 4.79 Å². The number of nitrogens with one attached hydrogen (secondary N) is 1. The molecule has 3 rings (SSSR count). The minimum absolute atomic E-state index is 0.201. The molecule has 0 aliphatic heterocycles. The standard InChI is InChI=1S/C14H12N2O4/c1-7-5-9-10(15-7)4-3-8(13(9)19-2)11-6-12(14(17)18)20-16-11/h3-6,15H,1-2H3,(H,17,18). The van der Waals surface area contributed by atoms with Gasteiger partial charge in [0, 0.05) is 28.2 Å². The van der Waals surface area contributed by atoms with Crippen LogP contribution in [0.3, 0.4) is 0 Å². The summed E-state index contributed by atoms with van der Waals surface area (Å²) in [5.41, 5.74) is 3.09. The third kappa shape index (κ3) is 1.82. The number of rotatable bonds is 3. The minimum atomic E-state index is -1.15. The molecule has 0 bridgehead atoms. The zero-order chi connectivity index (χ0) is 14.3. The number of aryl methyl sites for hydroxylation is 1. The van der Waals surface area contributed by atoms with Gasteiger partial charge in [-0.2, -0.15) is 0 Å². The molecule has 0 aliphatic carbocycles. The molecule has 6 heteroatoms. The van der Waals surface area contributed by atoms with Crippen molar-refractivity contribution in [3.8, 4) is 17.0 Å². The Morgan fingerprint density at radius 3 is 2.85 bits per heavy atom. The Balaban J connectivity index is 2.21. The maximum atomic E-state index is 10.8. The van der Waals surface area contributed by atoms with E-state index in [-0.39, 0.29) is 5.76 Å². The first-order valence-electron chi connectivity index (χ1n) is 5.97. The molecule has 6 nitrogen and oxygen atoms in total. The molecule has 2 heterocycles. The van der Waals surface area contributed by atoms with E-state index < -0.39 is 5.97 Å². The van der Waals surface area contributed by atoms with Crippen LogP contribution in [0.15, 0.2) is 28.8 Å². The molecule has 0 fully saturated rings. The van der Waals surface area contributed by atoms with Crippen LogP contribution in [0.5, 0.6) is 5.75 Å². The average molecular weight is 272 g/mol. The Morgan fingerprint density at radius 2 is 2.20 bits per heavy atom. The number of ether oxygens (including phenoxy) is 1. The van der Waals surface area contributed by atoms with Gasteiger partial charge in [-0.05, 0) is 25.1 Å². The van der Waals surface area contributed by atoms with Gasteiger partial charge in [0.2, 0.25) is 5.76 Å². The molecule has 2 aromatic heterocycles. The van der Waals surface area contributed by atoms with Crippen LogP contribution < -0.4 is 4.74 Å². The van der Waals surface area contributed by atoms with Gasteiger partial charge in [0.05, 0.1) is 7.11 Å². The maximum absolute atomic E-state index is 10.8. The molecule has 20 heavy (non-hydrogen) atoms. The lowest BCUT2D eigenvalue weighted by atomic mass is 10.1. The first kappa shape index (κ1) is 12.3. The zero-order valence-corrected chi connectivity index (χ0v) is 10.9. The van der Waals surface area contributed by atoms with Crippen molar-refractivity contribution in [1.29, 1.82) is 0 Å². The second kappa shape index (κ2) is 4.41. The van der Waals surface area contributed by atoms with Crippen molar-refractivity contribution < 1.29 is 19.2 Å². The highest BCUT2D eigenvalue weighted by Gasteiger charge is 2.17. The molecular weight excluding hydrogens is 260 g/mol. The molecule has 0 amide bonds. The third-order valence-corrected chi connectivity index (χ3v) is 3.09. The third-order valence-electron chi connectivity index (χ3n) is 3.09. The van der Waals surface area contributed by atoms with Crippen LogP contribution >= 0.6 is 0 Å². The van der Waals surface area contributed by atoms with Gasteiger partial charge < -0.3 is 19.4 Å². The molecule has 0 saturated heterocycles. The Hall–Kier alpha value is -2.76. The summed E-state index contributed by atoms with van der Waals surface area (Å²) < 4.78 is 10.2. The molecular formula is C14H12N2O4. The Morgan fingerprint density at radius 1 is 1.40 bits per heavy atom. The fraction of sp³-hybridized carbons (Fsp3) is 0.143. The molecule has 102 valence electrons. The van der Waals surface area contributed by atoms with Gasteiger partial charge in [0.1, 0.15) is 11.4 Å². The second-order valence-electron chi connectivity index (χ2n) is 4.44. The summed E-state index contributed by atoms with van der Waals surface area (Å²) >= 11 is 0. The number of aromatic nitrogens is 2. The lowest BCUT2D eigenvalue weighted by Gasteiger charge is -2.06. The topological polar surface area (TPSA) is 88.3 Å². The average Bonchev–Trinajstić information content (AvgIpc) is 3.02. The normalized spacial score (nSPS) is 10.9. The fourth-order valence-electron chi connectivity index (χ4n) is 2.24. The van der Waals surface area contributed by atoms with Gasteiger partial charge in [-0.15, -0.1) is 0 Å². The second-order valence-corrected chi connectivity index (χ2v) is 4.44. The van der Waals surface area contributed by atoms with Gasteiger partial charge in [-0.1, -0.05) is 5.16 Å². The summed E-state index contributed by atoms with van der Waals surface area (Å²) in [4.78, 5) is 14.1. The number of H-pyrrole nitrogens is 1. The first-order chi connectivity index (χ1) is 9.60. The number of hydrogen-bond acceptors (Lipinski definition) is 4. The van der Waals surface area contributed by atoms with E-state index in [0.717, 1.165) is 16.6 Å². The van der Waals surface area contributed by atoms with Gasteiger partial charge in [0.25, 0.3) is 0 Å². The molecule has 0 radical (unpaired) electrons. The molecule has 0 aliphatic rings. The smallest absolute Gasteiger partial charge is 0.374 e. The Bertz CT molecular complexity index is 801. The quantitative estimate of drug-likeness (QED) is 0.765. The number of carbonyl (C=O) groups is 1. The number of nitrogens with zero attached hydrogens (tertiary/aromatic N) is 1. The van der Waals surface area contributed by atoms with Gasteiger partial charge in [-0.25, -0.2) is 4.79 Å². The van der Waals surface area contributed by atoms with Crippen molar-refractivity contribution in [2.75, 3.05) is 7.11 Å². The number of methoxy groups -OCH3 is 1. The van der Waals surface area contributed by atoms with Crippen molar-refractivity contribution in [3.05, 3.63) is 35.7 Å². The van der Waals surface area contributed by atoms with Crippen LogP contribution in [0.2, 0.25) is 0 Å². The molecule has 3 aromatic rings. The predicted molar refractivity (Wildman–Crippen MR) is 72.0 cm³/mol. The molecule has 0 atom stereocenters. The molecule has 2 N–H and O–H groups in total. The van der Waals surface area contributed by atoms with Crippen molar-refractivity contribution >= 4 is 16.9 Å². The highest BCUT2D eigenvalue weighted by molar-refractivity contribution is 5.94. The summed E-state index contributed by atoms with van der Waals surface area (Å²) in [6, 6.07) is 7.07. The monoisotopic (exact) mass is 272 g/mol. The first-order valence-corrected chi connectivity index (χ1v) is 5.97. The fourth-order valence-corrected chi connectivity index (χ4v) is 2.24. The van der Waals surface area contributed by atoms with Gasteiger partial charge in [-0.3, -0.25) is 0 Å². The Kier molecular flexibility index (Phi) is 2.71.